The van der Waals surface area contributed by atoms with E-state index in [9.17, 15) is 14.9 Å². The average molecular weight is 437 g/mol. The minimum absolute atomic E-state index is 0.0681. The number of ether oxygens (including phenoxy) is 1. The van der Waals surface area contributed by atoms with Gasteiger partial charge in [0.1, 0.15) is 0 Å². The van der Waals surface area contributed by atoms with Crippen LogP contribution in [0.5, 0.6) is 0 Å². The van der Waals surface area contributed by atoms with Crippen molar-refractivity contribution in [2.75, 3.05) is 39.6 Å². The number of nitro benzene ring substituents is 1. The average Bonchev–Trinajstić information content (AvgIpc) is 3.25. The Kier molecular flexibility index (Phi) is 6.02. The maximum absolute atomic E-state index is 12.4. The first-order valence-corrected chi connectivity index (χ1v) is 11.0. The zero-order valence-corrected chi connectivity index (χ0v) is 18.8. The highest BCUT2D eigenvalue weighted by Gasteiger charge is 2.38. The van der Waals surface area contributed by atoms with E-state index >= 15 is 0 Å². The second kappa shape index (κ2) is 8.74. The first kappa shape index (κ1) is 22.0. The number of hydrogen-bond acceptors (Lipinski definition) is 5. The molecule has 0 saturated heterocycles. The lowest BCUT2D eigenvalue weighted by molar-refractivity contribution is -0.870. The van der Waals surface area contributed by atoms with Gasteiger partial charge in [-0.25, -0.2) is 4.79 Å². The molecule has 3 unspecified atom stereocenters. The van der Waals surface area contributed by atoms with Gasteiger partial charge in [-0.15, -0.1) is 0 Å². The summed E-state index contributed by atoms with van der Waals surface area (Å²) >= 11 is 0. The second-order valence-corrected chi connectivity index (χ2v) is 9.63. The molecule has 7 heteroatoms. The lowest BCUT2D eigenvalue weighted by Crippen LogP contribution is -2.35. The lowest BCUT2D eigenvalue weighted by Gasteiger charge is -2.37. The fraction of sp³-hybridized carbons (Fsp3) is 0.400. The van der Waals surface area contributed by atoms with Crippen LogP contribution in [0, 0.1) is 16.0 Å². The molecule has 1 heterocycles. The van der Waals surface area contributed by atoms with Crippen molar-refractivity contribution in [3.05, 3.63) is 81.4 Å². The Morgan fingerprint density at radius 1 is 1.19 bits per heavy atom. The molecule has 1 aliphatic heterocycles. The standard InChI is InChI=1S/C25H30N3O4/c1-28(2,3)14-5-15-32-25(29)18-10-8-17(9-11-18)24-21-7-4-6-20(21)22-16-19(27(30)31)12-13-23(22)26-24/h4,6,8-13,16,20-21,24,26H,5,7,14-15H2,1-3H3/q+1. The van der Waals surface area contributed by atoms with Crippen LogP contribution in [0.3, 0.4) is 0 Å². The monoisotopic (exact) mass is 436 g/mol. The molecule has 0 spiro atoms. The predicted octanol–water partition coefficient (Wildman–Crippen LogP) is 4.67. The van der Waals surface area contributed by atoms with Crippen molar-refractivity contribution in [2.24, 2.45) is 5.92 Å². The summed E-state index contributed by atoms with van der Waals surface area (Å²) in [5.74, 6) is 0.118. The fourth-order valence-corrected chi connectivity index (χ4v) is 4.64. The van der Waals surface area contributed by atoms with Crippen LogP contribution in [0.1, 0.15) is 46.3 Å². The van der Waals surface area contributed by atoms with E-state index < -0.39 is 0 Å². The Bertz CT molecular complexity index is 1040. The number of rotatable bonds is 7. The summed E-state index contributed by atoms with van der Waals surface area (Å²) < 4.78 is 6.27. The molecule has 2 aromatic rings. The molecule has 2 aliphatic rings. The zero-order chi connectivity index (χ0) is 22.9. The van der Waals surface area contributed by atoms with Crippen molar-refractivity contribution in [3.8, 4) is 0 Å². The van der Waals surface area contributed by atoms with E-state index in [1.165, 1.54) is 0 Å². The minimum atomic E-state index is -0.347. The van der Waals surface area contributed by atoms with Crippen molar-refractivity contribution in [3.63, 3.8) is 0 Å². The van der Waals surface area contributed by atoms with E-state index in [1.807, 2.05) is 24.3 Å². The Morgan fingerprint density at radius 2 is 1.94 bits per heavy atom. The van der Waals surface area contributed by atoms with Gasteiger partial charge >= 0.3 is 5.97 Å². The molecule has 4 rings (SSSR count). The summed E-state index contributed by atoms with van der Waals surface area (Å²) in [7, 11) is 6.34. The smallest absolute Gasteiger partial charge is 0.338 e. The third-order valence-corrected chi connectivity index (χ3v) is 6.27. The summed E-state index contributed by atoms with van der Waals surface area (Å²) in [4.78, 5) is 23.2. The number of carbonyl (C=O) groups is 1. The summed E-state index contributed by atoms with van der Waals surface area (Å²) in [6.45, 7) is 1.36. The molecule has 168 valence electrons. The van der Waals surface area contributed by atoms with E-state index in [1.54, 1.807) is 18.2 Å². The second-order valence-electron chi connectivity index (χ2n) is 9.63. The highest BCUT2D eigenvalue weighted by molar-refractivity contribution is 5.89. The van der Waals surface area contributed by atoms with Crippen molar-refractivity contribution in [2.45, 2.75) is 24.8 Å². The minimum Gasteiger partial charge on any atom is -0.462 e. The van der Waals surface area contributed by atoms with Crippen LogP contribution in [-0.4, -0.2) is 49.7 Å². The Hall–Kier alpha value is -3.19. The topological polar surface area (TPSA) is 81.5 Å². The van der Waals surface area contributed by atoms with E-state index in [4.69, 9.17) is 4.74 Å². The molecule has 1 aliphatic carbocycles. The van der Waals surface area contributed by atoms with E-state index in [-0.39, 0.29) is 34.5 Å². The fourth-order valence-electron chi connectivity index (χ4n) is 4.64. The third-order valence-electron chi connectivity index (χ3n) is 6.27. The number of esters is 1. The highest BCUT2D eigenvalue weighted by atomic mass is 16.6. The number of hydrogen-bond donors (Lipinski definition) is 1. The number of nitro groups is 1. The number of anilines is 1. The van der Waals surface area contributed by atoms with Crippen molar-refractivity contribution in [1.29, 1.82) is 0 Å². The highest BCUT2D eigenvalue weighted by Crippen LogP contribution is 2.50. The van der Waals surface area contributed by atoms with Crippen molar-refractivity contribution in [1.82, 2.24) is 0 Å². The molecule has 0 aromatic heterocycles. The van der Waals surface area contributed by atoms with Crippen LogP contribution in [0.15, 0.2) is 54.6 Å². The molecule has 0 fully saturated rings. The number of quaternary nitrogens is 1. The first-order chi connectivity index (χ1) is 15.2. The van der Waals surface area contributed by atoms with E-state index in [0.29, 0.717) is 12.2 Å². The molecule has 7 nitrogen and oxygen atoms in total. The maximum atomic E-state index is 12.4. The molecule has 0 radical (unpaired) electrons. The van der Waals surface area contributed by atoms with Gasteiger partial charge in [-0.05, 0) is 41.7 Å². The van der Waals surface area contributed by atoms with Crippen molar-refractivity contribution >= 4 is 17.3 Å². The number of nitrogens with zero attached hydrogens (tertiary/aromatic N) is 2. The van der Waals surface area contributed by atoms with Gasteiger partial charge in [-0.2, -0.15) is 0 Å². The Morgan fingerprint density at radius 3 is 2.62 bits per heavy atom. The molecule has 1 N–H and O–H groups in total. The molecule has 0 saturated carbocycles. The number of fused-ring (bicyclic) bond motifs is 3. The van der Waals surface area contributed by atoms with Crippen molar-refractivity contribution < 1.29 is 18.9 Å². The molecule has 0 amide bonds. The van der Waals surface area contributed by atoms with Gasteiger partial charge in [-0.1, -0.05) is 24.3 Å². The SMILES string of the molecule is C[N+](C)(C)CCCOC(=O)c1ccc(C2Nc3ccc([N+](=O)[O-])cc3C3C=CCC32)cc1. The van der Waals surface area contributed by atoms with Gasteiger partial charge in [0.15, 0.2) is 0 Å². The van der Waals surface area contributed by atoms with Crippen LogP contribution in [0.4, 0.5) is 11.4 Å². The first-order valence-electron chi connectivity index (χ1n) is 11.0. The van der Waals surface area contributed by atoms with Gasteiger partial charge < -0.3 is 14.5 Å². The molecule has 3 atom stereocenters. The third kappa shape index (κ3) is 4.67. The van der Waals surface area contributed by atoms with E-state index in [0.717, 1.165) is 40.7 Å². The molecule has 0 bridgehead atoms. The number of benzene rings is 2. The van der Waals surface area contributed by atoms with Gasteiger partial charge in [0, 0.05) is 30.2 Å². The predicted molar refractivity (Wildman–Crippen MR) is 124 cm³/mol. The summed E-state index contributed by atoms with van der Waals surface area (Å²) in [5.41, 5.74) is 3.66. The molecular formula is C25H30N3O4+. The van der Waals surface area contributed by atoms with E-state index in [2.05, 4.69) is 38.6 Å². The van der Waals surface area contributed by atoms with Crippen LogP contribution in [0.25, 0.3) is 0 Å². The van der Waals surface area contributed by atoms with Gasteiger partial charge in [0.05, 0.1) is 50.8 Å². The molecule has 32 heavy (non-hydrogen) atoms. The number of carbonyl (C=O) groups excluding carboxylic acids is 1. The number of allylic oxidation sites excluding steroid dienone is 2. The van der Waals surface area contributed by atoms with Gasteiger partial charge in [0.25, 0.3) is 5.69 Å². The number of nitrogens with one attached hydrogen (secondary N) is 1. The molecular weight excluding hydrogens is 406 g/mol. The maximum Gasteiger partial charge on any atom is 0.338 e. The van der Waals surface area contributed by atoms with Crippen LogP contribution >= 0.6 is 0 Å². The summed E-state index contributed by atoms with van der Waals surface area (Å²) in [6.07, 6.45) is 6.04. The number of non-ortho nitro benzene ring substituents is 1. The van der Waals surface area contributed by atoms with Crippen LogP contribution in [-0.2, 0) is 4.74 Å². The molecule has 2 aromatic carbocycles. The summed E-state index contributed by atoms with van der Waals surface area (Å²) in [5, 5.41) is 14.8. The Balaban J connectivity index is 1.46. The van der Waals surface area contributed by atoms with Gasteiger partial charge in [0.2, 0.25) is 0 Å². The van der Waals surface area contributed by atoms with Crippen LogP contribution in [0.2, 0.25) is 0 Å². The van der Waals surface area contributed by atoms with Crippen LogP contribution < -0.4 is 5.32 Å². The normalized spacial score (nSPS) is 21.4. The Labute approximate surface area is 188 Å². The largest absolute Gasteiger partial charge is 0.462 e. The zero-order valence-electron chi connectivity index (χ0n) is 18.8. The quantitative estimate of drug-likeness (QED) is 0.170. The summed E-state index contributed by atoms with van der Waals surface area (Å²) in [6, 6.07) is 12.7. The lowest BCUT2D eigenvalue weighted by atomic mass is 9.77. The van der Waals surface area contributed by atoms with Gasteiger partial charge in [-0.3, -0.25) is 10.1 Å².